The summed E-state index contributed by atoms with van der Waals surface area (Å²) in [7, 11) is 1.59. The zero-order valence-electron chi connectivity index (χ0n) is 16.1. The second-order valence-corrected chi connectivity index (χ2v) is 6.22. The van der Waals surface area contributed by atoms with Crippen molar-refractivity contribution in [1.29, 1.82) is 0 Å². The van der Waals surface area contributed by atoms with Crippen LogP contribution in [-0.4, -0.2) is 34.7 Å². The van der Waals surface area contributed by atoms with Crippen molar-refractivity contribution in [2.45, 2.75) is 0 Å². The van der Waals surface area contributed by atoms with Gasteiger partial charge in [0, 0.05) is 18.0 Å². The summed E-state index contributed by atoms with van der Waals surface area (Å²) in [5.41, 5.74) is 1.89. The van der Waals surface area contributed by atoms with Gasteiger partial charge in [0.1, 0.15) is 11.5 Å². The average Bonchev–Trinajstić information content (AvgIpc) is 3.29. The summed E-state index contributed by atoms with van der Waals surface area (Å²) >= 11 is 0. The Labute approximate surface area is 172 Å². The fourth-order valence-corrected chi connectivity index (χ4v) is 2.73. The van der Waals surface area contributed by atoms with Crippen LogP contribution in [0.2, 0.25) is 0 Å². The van der Waals surface area contributed by atoms with Crippen LogP contribution in [0.15, 0.2) is 77.6 Å². The number of hydrogen-bond donors (Lipinski definition) is 1. The number of hydrogen-bond acceptors (Lipinski definition) is 7. The molecule has 1 N–H and O–H groups in total. The van der Waals surface area contributed by atoms with Crippen molar-refractivity contribution in [3.8, 4) is 34.3 Å². The normalized spacial score (nSPS) is 10.4. The van der Waals surface area contributed by atoms with Crippen molar-refractivity contribution >= 4 is 11.6 Å². The summed E-state index contributed by atoms with van der Waals surface area (Å²) in [6.07, 6.45) is 3.32. The minimum Gasteiger partial charge on any atom is -0.497 e. The van der Waals surface area contributed by atoms with Gasteiger partial charge in [-0.15, -0.1) is 0 Å². The zero-order chi connectivity index (χ0) is 20.8. The van der Waals surface area contributed by atoms with Crippen molar-refractivity contribution in [1.82, 2.24) is 15.1 Å². The van der Waals surface area contributed by atoms with Gasteiger partial charge in [0.25, 0.3) is 11.8 Å². The molecule has 4 aromatic rings. The van der Waals surface area contributed by atoms with Crippen LogP contribution >= 0.6 is 0 Å². The van der Waals surface area contributed by atoms with Gasteiger partial charge in [-0.25, -0.2) is 0 Å². The lowest BCUT2D eigenvalue weighted by Crippen LogP contribution is -2.20. The standard InChI is InChI=1S/C22H18N4O4/c1-28-16-8-10-17(11-9-16)29-14-20(27)24-19-7-3-2-6-18(19)22-25-21(26-30-22)15-5-4-12-23-13-15/h2-13H,14H2,1H3,(H,24,27). The van der Waals surface area contributed by atoms with E-state index in [0.29, 0.717) is 34.5 Å². The van der Waals surface area contributed by atoms with Gasteiger partial charge in [-0.05, 0) is 48.5 Å². The van der Waals surface area contributed by atoms with Crippen LogP contribution < -0.4 is 14.8 Å². The third-order valence-electron chi connectivity index (χ3n) is 4.21. The third-order valence-corrected chi connectivity index (χ3v) is 4.21. The summed E-state index contributed by atoms with van der Waals surface area (Å²) in [6, 6.07) is 17.8. The van der Waals surface area contributed by atoms with E-state index in [1.807, 2.05) is 18.2 Å². The molecule has 0 unspecified atom stereocenters. The van der Waals surface area contributed by atoms with Gasteiger partial charge in [-0.1, -0.05) is 17.3 Å². The van der Waals surface area contributed by atoms with E-state index in [1.165, 1.54) is 0 Å². The number of anilines is 1. The third kappa shape index (κ3) is 4.44. The number of pyridine rings is 1. The molecule has 0 radical (unpaired) electrons. The van der Waals surface area contributed by atoms with Crippen LogP contribution in [0.1, 0.15) is 0 Å². The fourth-order valence-electron chi connectivity index (χ4n) is 2.73. The number of methoxy groups -OCH3 is 1. The highest BCUT2D eigenvalue weighted by molar-refractivity contribution is 5.95. The zero-order valence-corrected chi connectivity index (χ0v) is 16.1. The van der Waals surface area contributed by atoms with E-state index in [9.17, 15) is 4.79 Å². The molecule has 2 aromatic heterocycles. The van der Waals surface area contributed by atoms with Gasteiger partial charge >= 0.3 is 0 Å². The number of carbonyl (C=O) groups is 1. The largest absolute Gasteiger partial charge is 0.497 e. The molecule has 0 atom stereocenters. The van der Waals surface area contributed by atoms with E-state index >= 15 is 0 Å². The highest BCUT2D eigenvalue weighted by Gasteiger charge is 2.15. The van der Waals surface area contributed by atoms with Crippen LogP contribution in [0.25, 0.3) is 22.8 Å². The highest BCUT2D eigenvalue weighted by atomic mass is 16.5. The van der Waals surface area contributed by atoms with E-state index in [0.717, 1.165) is 5.56 Å². The quantitative estimate of drug-likeness (QED) is 0.501. The molecule has 0 bridgehead atoms. The molecule has 0 aliphatic rings. The molecule has 1 amide bonds. The van der Waals surface area contributed by atoms with Crippen LogP contribution in [0.5, 0.6) is 11.5 Å². The molecule has 0 fully saturated rings. The maximum atomic E-state index is 12.4. The Kier molecular flexibility index (Phi) is 5.66. The summed E-state index contributed by atoms with van der Waals surface area (Å²) in [5, 5.41) is 6.82. The Bertz CT molecular complexity index is 1130. The second-order valence-electron chi connectivity index (χ2n) is 6.22. The topological polar surface area (TPSA) is 99.4 Å². The van der Waals surface area contributed by atoms with Gasteiger partial charge in [0.15, 0.2) is 6.61 Å². The number of rotatable bonds is 7. The summed E-state index contributed by atoms with van der Waals surface area (Å²) < 4.78 is 16.0. The Balaban J connectivity index is 1.45. The molecular formula is C22H18N4O4. The van der Waals surface area contributed by atoms with E-state index in [1.54, 1.807) is 62.0 Å². The lowest BCUT2D eigenvalue weighted by molar-refractivity contribution is -0.118. The van der Waals surface area contributed by atoms with Crippen LogP contribution in [0, 0.1) is 0 Å². The first-order chi connectivity index (χ1) is 14.7. The monoisotopic (exact) mass is 402 g/mol. The van der Waals surface area contributed by atoms with Crippen LogP contribution in [0.3, 0.4) is 0 Å². The van der Waals surface area contributed by atoms with Gasteiger partial charge in [0.05, 0.1) is 18.4 Å². The smallest absolute Gasteiger partial charge is 0.262 e. The Morgan fingerprint density at radius 1 is 1.03 bits per heavy atom. The van der Waals surface area contributed by atoms with E-state index < -0.39 is 0 Å². The second kappa shape index (κ2) is 8.87. The predicted molar refractivity (Wildman–Crippen MR) is 110 cm³/mol. The minimum atomic E-state index is -0.315. The predicted octanol–water partition coefficient (Wildman–Crippen LogP) is 3.82. The first-order valence-electron chi connectivity index (χ1n) is 9.13. The molecule has 0 saturated heterocycles. The molecule has 2 aromatic carbocycles. The number of ether oxygens (including phenoxy) is 2. The minimum absolute atomic E-state index is 0.147. The van der Waals surface area contributed by atoms with E-state index in [4.69, 9.17) is 14.0 Å². The number of nitrogens with zero attached hydrogens (tertiary/aromatic N) is 3. The van der Waals surface area contributed by atoms with Crippen molar-refractivity contribution in [2.24, 2.45) is 0 Å². The van der Waals surface area contributed by atoms with Crippen molar-refractivity contribution in [3.05, 3.63) is 73.1 Å². The maximum Gasteiger partial charge on any atom is 0.262 e. The van der Waals surface area contributed by atoms with Gasteiger partial charge in [-0.2, -0.15) is 4.98 Å². The Hall–Kier alpha value is -4.20. The van der Waals surface area contributed by atoms with Crippen molar-refractivity contribution in [3.63, 3.8) is 0 Å². The summed E-state index contributed by atoms with van der Waals surface area (Å²) in [5.74, 6) is 1.68. The van der Waals surface area contributed by atoms with Crippen molar-refractivity contribution < 1.29 is 18.8 Å². The fraction of sp³-hybridized carbons (Fsp3) is 0.0909. The first-order valence-corrected chi connectivity index (χ1v) is 9.13. The maximum absolute atomic E-state index is 12.4. The molecule has 0 spiro atoms. The number of para-hydroxylation sites is 1. The summed E-state index contributed by atoms with van der Waals surface area (Å²) in [6.45, 7) is -0.147. The van der Waals surface area contributed by atoms with Gasteiger partial charge < -0.3 is 19.3 Å². The number of benzene rings is 2. The molecule has 0 saturated carbocycles. The van der Waals surface area contributed by atoms with E-state index in [2.05, 4.69) is 20.4 Å². The number of nitrogens with one attached hydrogen (secondary N) is 1. The number of aromatic nitrogens is 3. The first kappa shape index (κ1) is 19.1. The number of carbonyl (C=O) groups excluding carboxylic acids is 1. The van der Waals surface area contributed by atoms with Crippen LogP contribution in [0.4, 0.5) is 5.69 Å². The summed E-state index contributed by atoms with van der Waals surface area (Å²) in [4.78, 5) is 20.9. The molecule has 8 heteroatoms. The Morgan fingerprint density at radius 3 is 2.60 bits per heavy atom. The molecule has 0 aliphatic heterocycles. The molecule has 4 rings (SSSR count). The van der Waals surface area contributed by atoms with E-state index in [-0.39, 0.29) is 12.5 Å². The average molecular weight is 402 g/mol. The molecule has 8 nitrogen and oxygen atoms in total. The Morgan fingerprint density at radius 2 is 1.83 bits per heavy atom. The molecule has 150 valence electrons. The van der Waals surface area contributed by atoms with Crippen LogP contribution in [-0.2, 0) is 4.79 Å². The molecular weight excluding hydrogens is 384 g/mol. The van der Waals surface area contributed by atoms with Gasteiger partial charge in [0.2, 0.25) is 5.82 Å². The SMILES string of the molecule is COc1ccc(OCC(=O)Nc2ccccc2-c2nc(-c3cccnc3)no2)cc1. The number of amides is 1. The lowest BCUT2D eigenvalue weighted by Gasteiger charge is -2.10. The molecule has 0 aliphatic carbocycles. The molecule has 30 heavy (non-hydrogen) atoms. The van der Waals surface area contributed by atoms with Gasteiger partial charge in [-0.3, -0.25) is 9.78 Å². The lowest BCUT2D eigenvalue weighted by atomic mass is 10.1. The molecule has 2 heterocycles. The highest BCUT2D eigenvalue weighted by Crippen LogP contribution is 2.28. The van der Waals surface area contributed by atoms with Crippen molar-refractivity contribution in [2.75, 3.05) is 19.0 Å².